The number of hydrogen-bond acceptors (Lipinski definition) is 5. The molecule has 2 aromatic rings. The maximum absolute atomic E-state index is 10.6. The number of aryl methyl sites for hydroxylation is 2. The first-order chi connectivity index (χ1) is 11.6. The lowest BCUT2D eigenvalue weighted by molar-refractivity contribution is 0.0445. The van der Waals surface area contributed by atoms with Crippen molar-refractivity contribution in [2.45, 2.75) is 38.8 Å². The molecule has 1 aromatic carbocycles. The molecule has 5 nitrogen and oxygen atoms in total. The molecular weight excluding hydrogens is 306 g/mol. The molecule has 1 N–H and O–H groups in total. The van der Waals surface area contributed by atoms with E-state index < -0.39 is 6.10 Å². The summed E-state index contributed by atoms with van der Waals surface area (Å²) in [7, 11) is 0. The molecule has 1 fully saturated rings. The molecule has 0 unspecified atom stereocenters. The van der Waals surface area contributed by atoms with E-state index in [0.717, 1.165) is 48.1 Å². The van der Waals surface area contributed by atoms with E-state index in [1.54, 1.807) is 0 Å². The first-order valence-corrected chi connectivity index (χ1v) is 8.46. The summed E-state index contributed by atoms with van der Waals surface area (Å²) in [5, 5.41) is 10.6. The molecule has 0 amide bonds. The molecule has 1 saturated heterocycles. The summed E-state index contributed by atoms with van der Waals surface area (Å²) in [5.74, 6) is 3.65. The smallest absolute Gasteiger partial charge is 0.231 e. The van der Waals surface area contributed by atoms with Gasteiger partial charge in [-0.25, -0.2) is 0 Å². The lowest BCUT2D eigenvalue weighted by atomic mass is 9.87. The predicted octanol–water partition coefficient (Wildman–Crippen LogP) is 2.98. The molecule has 0 saturated carbocycles. The van der Waals surface area contributed by atoms with Crippen molar-refractivity contribution < 1.29 is 19.0 Å². The summed E-state index contributed by atoms with van der Waals surface area (Å²) >= 11 is 0. The van der Waals surface area contributed by atoms with Crippen LogP contribution in [0.5, 0.6) is 11.5 Å². The van der Waals surface area contributed by atoms with Crippen LogP contribution < -0.4 is 9.47 Å². The Hall–Kier alpha value is -1.98. The summed E-state index contributed by atoms with van der Waals surface area (Å²) in [4.78, 5) is 2.26. The van der Waals surface area contributed by atoms with E-state index in [0.29, 0.717) is 6.54 Å². The number of piperidine rings is 1. The maximum Gasteiger partial charge on any atom is 0.231 e. The summed E-state index contributed by atoms with van der Waals surface area (Å²) in [5.41, 5.74) is 2.30. The van der Waals surface area contributed by atoms with Gasteiger partial charge in [0.05, 0.1) is 12.6 Å². The monoisotopic (exact) mass is 329 g/mol. The highest BCUT2D eigenvalue weighted by Crippen LogP contribution is 2.37. The van der Waals surface area contributed by atoms with E-state index in [2.05, 4.69) is 17.9 Å². The number of aliphatic hydroxyl groups is 1. The van der Waals surface area contributed by atoms with Crippen LogP contribution in [0.1, 0.15) is 35.0 Å². The molecule has 5 heteroatoms. The third-order valence-corrected chi connectivity index (χ3v) is 5.09. The van der Waals surface area contributed by atoms with E-state index in [-0.39, 0.29) is 12.7 Å². The van der Waals surface area contributed by atoms with Gasteiger partial charge in [0.2, 0.25) is 6.79 Å². The first kappa shape index (κ1) is 15.5. The van der Waals surface area contributed by atoms with Crippen molar-refractivity contribution in [1.82, 2.24) is 4.90 Å². The summed E-state index contributed by atoms with van der Waals surface area (Å²) < 4.78 is 16.6. The van der Waals surface area contributed by atoms with Gasteiger partial charge in [-0.15, -0.1) is 0 Å². The Balaban J connectivity index is 1.42. The lowest BCUT2D eigenvalue weighted by Crippen LogP contribution is -2.42. The molecule has 2 aliphatic rings. The largest absolute Gasteiger partial charge is 0.465 e. The van der Waals surface area contributed by atoms with Gasteiger partial charge in [-0.1, -0.05) is 6.07 Å². The fraction of sp³-hybridized carbons (Fsp3) is 0.474. The van der Waals surface area contributed by atoms with E-state index in [1.165, 1.54) is 5.56 Å². The number of rotatable bonds is 3. The minimum absolute atomic E-state index is 0.135. The van der Waals surface area contributed by atoms with Gasteiger partial charge in [0.1, 0.15) is 11.5 Å². The highest BCUT2D eigenvalue weighted by atomic mass is 16.7. The Labute approximate surface area is 141 Å². The Morgan fingerprint density at radius 3 is 2.75 bits per heavy atom. The second kappa shape index (κ2) is 6.15. The van der Waals surface area contributed by atoms with Crippen LogP contribution in [0, 0.1) is 13.8 Å². The number of fused-ring (bicyclic) bond motifs is 1. The molecule has 0 aliphatic carbocycles. The van der Waals surface area contributed by atoms with Gasteiger partial charge in [-0.05, 0) is 56.1 Å². The van der Waals surface area contributed by atoms with E-state index in [1.807, 2.05) is 25.1 Å². The van der Waals surface area contributed by atoms with Gasteiger partial charge in [-0.3, -0.25) is 4.90 Å². The zero-order valence-corrected chi connectivity index (χ0v) is 14.1. The number of hydrogen-bond donors (Lipinski definition) is 1. The zero-order valence-electron chi connectivity index (χ0n) is 14.1. The van der Waals surface area contributed by atoms with Crippen molar-refractivity contribution in [2.75, 3.05) is 19.9 Å². The number of benzene rings is 1. The predicted molar refractivity (Wildman–Crippen MR) is 89.4 cm³/mol. The number of likely N-dealkylation sites (tertiary alicyclic amines) is 1. The molecule has 128 valence electrons. The minimum atomic E-state index is -0.392. The van der Waals surface area contributed by atoms with Crippen LogP contribution in [0.4, 0.5) is 0 Å². The van der Waals surface area contributed by atoms with Gasteiger partial charge in [0.15, 0.2) is 11.5 Å². The van der Waals surface area contributed by atoms with Crippen molar-refractivity contribution in [3.63, 3.8) is 0 Å². The normalized spacial score (nSPS) is 23.6. The lowest BCUT2D eigenvalue weighted by Gasteiger charge is -2.35. The van der Waals surface area contributed by atoms with Gasteiger partial charge in [0, 0.05) is 12.5 Å². The standard InChI is InChI=1S/C19H23NO4/c1-12-7-15(24-13(12)2)9-20-6-5-16(17(21)10-20)14-3-4-18-19(8-14)23-11-22-18/h3-4,7-8,16-17,21H,5-6,9-11H2,1-2H3/t16-,17+/m0/s1. The molecule has 0 bridgehead atoms. The Bertz CT molecular complexity index is 719. The van der Waals surface area contributed by atoms with Gasteiger partial charge in [-0.2, -0.15) is 0 Å². The fourth-order valence-electron chi connectivity index (χ4n) is 3.62. The Morgan fingerprint density at radius 1 is 1.17 bits per heavy atom. The van der Waals surface area contributed by atoms with Crippen molar-refractivity contribution in [1.29, 1.82) is 0 Å². The number of ether oxygens (including phenoxy) is 2. The van der Waals surface area contributed by atoms with Gasteiger partial charge in [0.25, 0.3) is 0 Å². The molecule has 2 atom stereocenters. The molecule has 4 rings (SSSR count). The van der Waals surface area contributed by atoms with Crippen molar-refractivity contribution >= 4 is 0 Å². The van der Waals surface area contributed by atoms with Gasteiger partial charge < -0.3 is 19.0 Å². The van der Waals surface area contributed by atoms with Crippen LogP contribution >= 0.6 is 0 Å². The second-order valence-corrected chi connectivity index (χ2v) is 6.76. The molecular formula is C19H23NO4. The summed E-state index contributed by atoms with van der Waals surface area (Å²) in [6.45, 7) is 6.66. The molecule has 3 heterocycles. The van der Waals surface area contributed by atoms with Crippen LogP contribution in [0.3, 0.4) is 0 Å². The van der Waals surface area contributed by atoms with E-state index in [4.69, 9.17) is 13.9 Å². The van der Waals surface area contributed by atoms with Crippen LogP contribution in [-0.2, 0) is 6.54 Å². The summed E-state index contributed by atoms with van der Waals surface area (Å²) in [6.07, 6.45) is 0.524. The topological polar surface area (TPSA) is 55.1 Å². The van der Waals surface area contributed by atoms with Crippen molar-refractivity contribution in [3.05, 3.63) is 46.9 Å². The Morgan fingerprint density at radius 2 is 2.00 bits per heavy atom. The third-order valence-electron chi connectivity index (χ3n) is 5.09. The third kappa shape index (κ3) is 2.89. The van der Waals surface area contributed by atoms with Crippen LogP contribution in [0.2, 0.25) is 0 Å². The molecule has 2 aliphatic heterocycles. The molecule has 24 heavy (non-hydrogen) atoms. The molecule has 0 radical (unpaired) electrons. The average molecular weight is 329 g/mol. The first-order valence-electron chi connectivity index (χ1n) is 8.46. The SMILES string of the molecule is Cc1cc(CN2CC[C@@H](c3ccc4c(c3)OCO4)[C@H](O)C2)oc1C. The zero-order chi connectivity index (χ0) is 16.7. The molecule has 0 spiro atoms. The van der Waals surface area contributed by atoms with Crippen LogP contribution in [0.15, 0.2) is 28.7 Å². The molecule has 1 aromatic heterocycles. The summed E-state index contributed by atoms with van der Waals surface area (Å²) in [6, 6.07) is 8.07. The number of nitrogens with zero attached hydrogens (tertiary/aromatic N) is 1. The minimum Gasteiger partial charge on any atom is -0.465 e. The highest BCUT2D eigenvalue weighted by molar-refractivity contribution is 5.45. The number of β-amino-alcohol motifs (C(OH)–C–C–N with tert-alkyl or cyclic N) is 1. The van der Waals surface area contributed by atoms with Crippen LogP contribution in [-0.4, -0.2) is 36.0 Å². The number of furan rings is 1. The number of aliphatic hydroxyl groups excluding tert-OH is 1. The quantitative estimate of drug-likeness (QED) is 0.938. The maximum atomic E-state index is 10.6. The van der Waals surface area contributed by atoms with E-state index in [9.17, 15) is 5.11 Å². The second-order valence-electron chi connectivity index (χ2n) is 6.76. The van der Waals surface area contributed by atoms with E-state index >= 15 is 0 Å². The van der Waals surface area contributed by atoms with Gasteiger partial charge >= 0.3 is 0 Å². The fourth-order valence-corrected chi connectivity index (χ4v) is 3.62. The van der Waals surface area contributed by atoms with Crippen molar-refractivity contribution in [2.24, 2.45) is 0 Å². The Kier molecular flexibility index (Phi) is 3.98. The average Bonchev–Trinajstić information content (AvgIpc) is 3.13. The van der Waals surface area contributed by atoms with Crippen LogP contribution in [0.25, 0.3) is 0 Å². The highest BCUT2D eigenvalue weighted by Gasteiger charge is 2.30. The van der Waals surface area contributed by atoms with Crippen molar-refractivity contribution in [3.8, 4) is 11.5 Å².